The zero-order chi connectivity index (χ0) is 14.5. The van der Waals surface area contributed by atoms with E-state index < -0.39 is 0 Å². The first kappa shape index (κ1) is 16.5. The van der Waals surface area contributed by atoms with Crippen molar-refractivity contribution in [2.75, 3.05) is 13.1 Å². The number of nitrogens with zero attached hydrogens (tertiary/aromatic N) is 3. The third-order valence-corrected chi connectivity index (χ3v) is 3.69. The highest BCUT2D eigenvalue weighted by atomic mass is 35.5. The van der Waals surface area contributed by atoms with Crippen molar-refractivity contribution >= 4 is 18.3 Å². The quantitative estimate of drug-likeness (QED) is 0.896. The average Bonchev–Trinajstić information content (AvgIpc) is 3.04. The SMILES string of the molecule is Cl.O=C(NCc1ccncc1)c1ccn(C2CCCNC2)n1. The Morgan fingerprint density at radius 3 is 2.91 bits per heavy atom. The molecule has 22 heavy (non-hydrogen) atoms. The smallest absolute Gasteiger partial charge is 0.272 e. The van der Waals surface area contributed by atoms with E-state index in [2.05, 4.69) is 20.7 Å². The van der Waals surface area contributed by atoms with Crippen molar-refractivity contribution in [1.29, 1.82) is 0 Å². The molecule has 1 fully saturated rings. The molecule has 6 nitrogen and oxygen atoms in total. The molecule has 1 unspecified atom stereocenters. The van der Waals surface area contributed by atoms with Crippen LogP contribution in [0.5, 0.6) is 0 Å². The lowest BCUT2D eigenvalue weighted by molar-refractivity contribution is 0.0944. The van der Waals surface area contributed by atoms with Gasteiger partial charge >= 0.3 is 0 Å². The summed E-state index contributed by atoms with van der Waals surface area (Å²) in [6, 6.07) is 5.89. The topological polar surface area (TPSA) is 71.8 Å². The molecule has 0 aliphatic carbocycles. The minimum absolute atomic E-state index is 0. The van der Waals surface area contributed by atoms with Crippen LogP contribution in [0.4, 0.5) is 0 Å². The maximum atomic E-state index is 12.1. The van der Waals surface area contributed by atoms with Crippen molar-refractivity contribution in [3.63, 3.8) is 0 Å². The first-order valence-corrected chi connectivity index (χ1v) is 7.26. The number of pyridine rings is 1. The van der Waals surface area contributed by atoms with Gasteiger partial charge in [-0.15, -0.1) is 12.4 Å². The molecule has 0 bridgehead atoms. The second-order valence-electron chi connectivity index (χ2n) is 5.22. The van der Waals surface area contributed by atoms with Crippen LogP contribution < -0.4 is 10.6 Å². The first-order chi connectivity index (χ1) is 10.3. The van der Waals surface area contributed by atoms with Crippen LogP contribution in [-0.2, 0) is 6.54 Å². The molecule has 0 saturated carbocycles. The molecular formula is C15H20ClN5O. The molecular weight excluding hydrogens is 302 g/mol. The van der Waals surface area contributed by atoms with E-state index in [4.69, 9.17) is 0 Å². The van der Waals surface area contributed by atoms with Gasteiger partial charge in [0.2, 0.25) is 0 Å². The lowest BCUT2D eigenvalue weighted by Crippen LogP contribution is -2.32. The monoisotopic (exact) mass is 321 g/mol. The van der Waals surface area contributed by atoms with Gasteiger partial charge in [-0.3, -0.25) is 14.5 Å². The zero-order valence-corrected chi connectivity index (χ0v) is 13.1. The molecule has 2 aromatic heterocycles. The van der Waals surface area contributed by atoms with Gasteiger partial charge in [0, 0.05) is 31.7 Å². The fourth-order valence-corrected chi connectivity index (χ4v) is 2.50. The summed E-state index contributed by atoms with van der Waals surface area (Å²) in [6.45, 7) is 2.47. The molecule has 1 saturated heterocycles. The number of rotatable bonds is 4. The normalized spacial score (nSPS) is 17.5. The minimum Gasteiger partial charge on any atom is -0.347 e. The van der Waals surface area contributed by atoms with Gasteiger partial charge in [-0.2, -0.15) is 5.10 Å². The Kier molecular flexibility index (Phi) is 5.91. The van der Waals surface area contributed by atoms with Crippen molar-refractivity contribution in [1.82, 2.24) is 25.4 Å². The number of piperidine rings is 1. The molecule has 118 valence electrons. The molecule has 1 aliphatic rings. The fourth-order valence-electron chi connectivity index (χ4n) is 2.50. The Balaban J connectivity index is 0.00000176. The lowest BCUT2D eigenvalue weighted by atomic mass is 10.1. The molecule has 3 heterocycles. The highest BCUT2D eigenvalue weighted by Gasteiger charge is 2.17. The summed E-state index contributed by atoms with van der Waals surface area (Å²) < 4.78 is 1.90. The van der Waals surface area contributed by atoms with Crippen LogP contribution in [0.3, 0.4) is 0 Å². The van der Waals surface area contributed by atoms with Gasteiger partial charge in [-0.1, -0.05) is 0 Å². The zero-order valence-electron chi connectivity index (χ0n) is 12.2. The van der Waals surface area contributed by atoms with Crippen LogP contribution in [0, 0.1) is 0 Å². The van der Waals surface area contributed by atoms with Crippen LogP contribution in [0.15, 0.2) is 36.8 Å². The van der Waals surface area contributed by atoms with Gasteiger partial charge in [-0.05, 0) is 43.1 Å². The number of amides is 1. The van der Waals surface area contributed by atoms with Gasteiger partial charge in [-0.25, -0.2) is 0 Å². The predicted molar refractivity (Wildman–Crippen MR) is 86.0 cm³/mol. The number of aromatic nitrogens is 3. The van der Waals surface area contributed by atoms with E-state index in [-0.39, 0.29) is 18.3 Å². The maximum absolute atomic E-state index is 12.1. The lowest BCUT2D eigenvalue weighted by Gasteiger charge is -2.22. The average molecular weight is 322 g/mol. The summed E-state index contributed by atoms with van der Waals surface area (Å²) in [5.41, 5.74) is 1.49. The van der Waals surface area contributed by atoms with Crippen LogP contribution in [0.2, 0.25) is 0 Å². The van der Waals surface area contributed by atoms with Crippen molar-refractivity contribution < 1.29 is 4.79 Å². The number of hydrogen-bond acceptors (Lipinski definition) is 4. The Bertz CT molecular complexity index is 595. The molecule has 1 aliphatic heterocycles. The molecule has 0 spiro atoms. The molecule has 1 atom stereocenters. The fraction of sp³-hybridized carbons (Fsp3) is 0.400. The predicted octanol–water partition coefficient (Wildman–Crippen LogP) is 1.55. The van der Waals surface area contributed by atoms with Crippen LogP contribution in [-0.4, -0.2) is 33.8 Å². The standard InChI is InChI=1S/C15H19N5O.ClH/c21-15(18-10-12-3-7-16-8-4-12)14-5-9-20(19-14)13-2-1-6-17-11-13;/h3-5,7-9,13,17H,1-2,6,10-11H2,(H,18,21);1H. The van der Waals surface area contributed by atoms with Crippen molar-refractivity contribution in [3.8, 4) is 0 Å². The summed E-state index contributed by atoms with van der Waals surface area (Å²) in [6.07, 6.45) is 7.57. The van der Waals surface area contributed by atoms with Crippen LogP contribution in [0.1, 0.15) is 34.9 Å². The number of hydrogen-bond donors (Lipinski definition) is 2. The van der Waals surface area contributed by atoms with Gasteiger partial charge < -0.3 is 10.6 Å². The molecule has 1 amide bonds. The van der Waals surface area contributed by atoms with E-state index in [1.165, 1.54) is 0 Å². The minimum atomic E-state index is -0.144. The summed E-state index contributed by atoms with van der Waals surface area (Å²) >= 11 is 0. The molecule has 2 aromatic rings. The van der Waals surface area contributed by atoms with Gasteiger partial charge in [0.1, 0.15) is 5.69 Å². The summed E-state index contributed by atoms with van der Waals surface area (Å²) in [7, 11) is 0. The molecule has 7 heteroatoms. The van der Waals surface area contributed by atoms with E-state index in [1.807, 2.05) is 23.0 Å². The highest BCUT2D eigenvalue weighted by Crippen LogP contribution is 2.15. The van der Waals surface area contributed by atoms with Gasteiger partial charge in [0.05, 0.1) is 6.04 Å². The van der Waals surface area contributed by atoms with Gasteiger partial charge in [0.25, 0.3) is 5.91 Å². The van der Waals surface area contributed by atoms with Crippen molar-refractivity contribution in [3.05, 3.63) is 48.0 Å². The number of carbonyl (C=O) groups is 1. The summed E-state index contributed by atoms with van der Waals surface area (Å²) in [5, 5.41) is 10.6. The summed E-state index contributed by atoms with van der Waals surface area (Å²) in [4.78, 5) is 16.0. The summed E-state index contributed by atoms with van der Waals surface area (Å²) in [5.74, 6) is -0.144. The van der Waals surface area contributed by atoms with Crippen molar-refractivity contribution in [2.45, 2.75) is 25.4 Å². The van der Waals surface area contributed by atoms with E-state index in [0.717, 1.165) is 31.5 Å². The number of halogens is 1. The third kappa shape index (κ3) is 4.05. The van der Waals surface area contributed by atoms with Gasteiger partial charge in [0.15, 0.2) is 0 Å². The molecule has 2 N–H and O–H groups in total. The Morgan fingerprint density at radius 1 is 1.36 bits per heavy atom. The Hall–Kier alpha value is -1.92. The second-order valence-corrected chi connectivity index (χ2v) is 5.22. The first-order valence-electron chi connectivity index (χ1n) is 7.26. The van der Waals surface area contributed by atoms with Crippen LogP contribution >= 0.6 is 12.4 Å². The largest absolute Gasteiger partial charge is 0.347 e. The van der Waals surface area contributed by atoms with E-state index in [0.29, 0.717) is 18.3 Å². The molecule has 3 rings (SSSR count). The number of nitrogens with one attached hydrogen (secondary N) is 2. The second kappa shape index (κ2) is 7.91. The third-order valence-electron chi connectivity index (χ3n) is 3.69. The van der Waals surface area contributed by atoms with Crippen LogP contribution in [0.25, 0.3) is 0 Å². The van der Waals surface area contributed by atoms with E-state index >= 15 is 0 Å². The maximum Gasteiger partial charge on any atom is 0.272 e. The molecule has 0 radical (unpaired) electrons. The Morgan fingerprint density at radius 2 is 2.18 bits per heavy atom. The molecule has 0 aromatic carbocycles. The van der Waals surface area contributed by atoms with E-state index in [1.54, 1.807) is 18.5 Å². The van der Waals surface area contributed by atoms with Crippen molar-refractivity contribution in [2.24, 2.45) is 0 Å². The van der Waals surface area contributed by atoms with E-state index in [9.17, 15) is 4.79 Å². The Labute approximate surface area is 135 Å². The highest BCUT2D eigenvalue weighted by molar-refractivity contribution is 5.92. The number of carbonyl (C=O) groups excluding carboxylic acids is 1.